The summed E-state index contributed by atoms with van der Waals surface area (Å²) in [6.45, 7) is 0.775. The number of benzene rings is 1. The molecule has 0 aliphatic heterocycles. The van der Waals surface area contributed by atoms with Crippen LogP contribution in [0.15, 0.2) is 36.2 Å². The zero-order chi connectivity index (χ0) is 11.1. The lowest BCUT2D eigenvalue weighted by Crippen LogP contribution is -2.08. The molecule has 78 valence electrons. The summed E-state index contributed by atoms with van der Waals surface area (Å²) in [6, 6.07) is 9.25. The Balaban J connectivity index is 2.42. The van der Waals surface area contributed by atoms with Gasteiger partial charge in [-0.2, -0.15) is 5.26 Å². The second kappa shape index (κ2) is 5.68. The number of hydrogen-bond donors (Lipinski definition) is 2. The summed E-state index contributed by atoms with van der Waals surface area (Å²) in [5, 5.41) is 8.59. The Labute approximate surface area is 88.8 Å². The van der Waals surface area contributed by atoms with Gasteiger partial charge in [0.05, 0.1) is 30.5 Å². The molecule has 1 rings (SSSR count). The molecule has 0 atom stereocenters. The van der Waals surface area contributed by atoms with Crippen LogP contribution in [-0.2, 0) is 11.3 Å². The van der Waals surface area contributed by atoms with Gasteiger partial charge in [0.2, 0.25) is 0 Å². The summed E-state index contributed by atoms with van der Waals surface area (Å²) in [6.07, 6.45) is 1.32. The van der Waals surface area contributed by atoms with Gasteiger partial charge in [-0.15, -0.1) is 0 Å². The van der Waals surface area contributed by atoms with E-state index in [9.17, 15) is 0 Å². The number of nitriles is 1. The first kappa shape index (κ1) is 11.1. The third-order valence-electron chi connectivity index (χ3n) is 1.83. The fraction of sp³-hybridized carbons (Fsp3) is 0.182. The number of rotatable bonds is 4. The van der Waals surface area contributed by atoms with E-state index in [4.69, 9.17) is 21.5 Å². The molecule has 0 aliphatic carbocycles. The predicted molar refractivity (Wildman–Crippen MR) is 57.3 cm³/mol. The molecule has 1 aromatic carbocycles. The van der Waals surface area contributed by atoms with Gasteiger partial charge in [-0.1, -0.05) is 12.1 Å². The molecular weight excluding hydrogens is 190 g/mol. The lowest BCUT2D eigenvalue weighted by Gasteiger charge is -2.04. The molecule has 0 bridgehead atoms. The van der Waals surface area contributed by atoms with Crippen molar-refractivity contribution in [3.63, 3.8) is 0 Å². The Hall–Kier alpha value is -1.99. The molecule has 1 aromatic rings. The van der Waals surface area contributed by atoms with Gasteiger partial charge in [0, 0.05) is 6.20 Å². The average molecular weight is 203 g/mol. The van der Waals surface area contributed by atoms with E-state index in [-0.39, 0.29) is 0 Å². The van der Waals surface area contributed by atoms with Crippen LogP contribution in [0.3, 0.4) is 0 Å². The molecule has 0 amide bonds. The third kappa shape index (κ3) is 3.71. The molecule has 4 nitrogen and oxygen atoms in total. The molecular formula is C11H13N3O. The van der Waals surface area contributed by atoms with Gasteiger partial charge in [-0.25, -0.2) is 0 Å². The first-order chi connectivity index (χ1) is 7.26. The highest BCUT2D eigenvalue weighted by molar-refractivity contribution is 5.31. The fourth-order valence-electron chi connectivity index (χ4n) is 1.01. The minimum absolute atomic E-state index is 0.316. The van der Waals surface area contributed by atoms with Gasteiger partial charge < -0.3 is 16.2 Å². The lowest BCUT2D eigenvalue weighted by atomic mass is 10.2. The van der Waals surface area contributed by atoms with Crippen molar-refractivity contribution in [1.29, 1.82) is 5.26 Å². The van der Waals surface area contributed by atoms with E-state index in [1.165, 1.54) is 6.20 Å². The van der Waals surface area contributed by atoms with Crippen LogP contribution in [0.1, 0.15) is 11.1 Å². The first-order valence-corrected chi connectivity index (χ1v) is 4.49. The normalized spacial score (nSPS) is 11.0. The summed E-state index contributed by atoms with van der Waals surface area (Å²) >= 11 is 0. The predicted octanol–water partition coefficient (Wildman–Crippen LogP) is 0.834. The Bertz CT molecular complexity index is 376. The largest absolute Gasteiger partial charge is 0.403 e. The van der Waals surface area contributed by atoms with Crippen molar-refractivity contribution in [2.75, 3.05) is 6.61 Å². The van der Waals surface area contributed by atoms with Crippen LogP contribution in [0.25, 0.3) is 0 Å². The maximum atomic E-state index is 8.59. The molecule has 0 saturated heterocycles. The molecule has 0 radical (unpaired) electrons. The number of ether oxygens (including phenoxy) is 1. The van der Waals surface area contributed by atoms with Crippen molar-refractivity contribution in [3.05, 3.63) is 47.3 Å². The summed E-state index contributed by atoms with van der Waals surface area (Å²) in [5.41, 5.74) is 12.8. The molecule has 4 heteroatoms. The molecule has 0 unspecified atom stereocenters. The van der Waals surface area contributed by atoms with Crippen molar-refractivity contribution in [3.8, 4) is 6.07 Å². The van der Waals surface area contributed by atoms with E-state index in [1.807, 2.05) is 12.1 Å². The van der Waals surface area contributed by atoms with Crippen LogP contribution in [0.5, 0.6) is 0 Å². The van der Waals surface area contributed by atoms with Gasteiger partial charge >= 0.3 is 0 Å². The highest BCUT2D eigenvalue weighted by Crippen LogP contribution is 2.04. The summed E-state index contributed by atoms with van der Waals surface area (Å²) in [5.74, 6) is 0. The minimum atomic E-state index is 0.316. The van der Waals surface area contributed by atoms with Gasteiger partial charge in [0.25, 0.3) is 0 Å². The Morgan fingerprint density at radius 2 is 2.07 bits per heavy atom. The Kier molecular flexibility index (Phi) is 4.20. The highest BCUT2D eigenvalue weighted by Gasteiger charge is 1.95. The monoisotopic (exact) mass is 203 g/mol. The molecule has 0 aromatic heterocycles. The van der Waals surface area contributed by atoms with Crippen LogP contribution in [0, 0.1) is 11.3 Å². The van der Waals surface area contributed by atoms with Crippen molar-refractivity contribution < 1.29 is 4.74 Å². The number of nitrogens with two attached hydrogens (primary N) is 2. The smallest absolute Gasteiger partial charge is 0.0991 e. The average Bonchev–Trinajstić information content (AvgIpc) is 2.29. The van der Waals surface area contributed by atoms with Crippen LogP contribution in [0.2, 0.25) is 0 Å². The molecule has 0 heterocycles. The van der Waals surface area contributed by atoms with E-state index in [1.54, 1.807) is 12.1 Å². The van der Waals surface area contributed by atoms with E-state index in [0.717, 1.165) is 5.56 Å². The van der Waals surface area contributed by atoms with Gasteiger partial charge in [-0.05, 0) is 17.7 Å². The minimum Gasteiger partial charge on any atom is -0.403 e. The summed E-state index contributed by atoms with van der Waals surface area (Å²) in [4.78, 5) is 0. The van der Waals surface area contributed by atoms with Gasteiger partial charge in [0.1, 0.15) is 0 Å². The molecule has 4 N–H and O–H groups in total. The third-order valence-corrected chi connectivity index (χ3v) is 1.83. The SMILES string of the molecule is N#Cc1ccc(COC/C(N)=C/N)cc1. The van der Waals surface area contributed by atoms with Crippen molar-refractivity contribution in [2.45, 2.75) is 6.61 Å². The van der Waals surface area contributed by atoms with Crippen molar-refractivity contribution in [1.82, 2.24) is 0 Å². The van der Waals surface area contributed by atoms with E-state index in [0.29, 0.717) is 24.5 Å². The molecule has 0 fully saturated rings. The zero-order valence-electron chi connectivity index (χ0n) is 8.31. The van der Waals surface area contributed by atoms with E-state index < -0.39 is 0 Å². The van der Waals surface area contributed by atoms with Crippen molar-refractivity contribution in [2.24, 2.45) is 11.5 Å². The maximum Gasteiger partial charge on any atom is 0.0991 e. The molecule has 15 heavy (non-hydrogen) atoms. The zero-order valence-corrected chi connectivity index (χ0v) is 8.31. The van der Waals surface area contributed by atoms with E-state index in [2.05, 4.69) is 6.07 Å². The number of hydrogen-bond acceptors (Lipinski definition) is 4. The quantitative estimate of drug-likeness (QED) is 0.759. The van der Waals surface area contributed by atoms with Crippen molar-refractivity contribution >= 4 is 0 Å². The Morgan fingerprint density at radius 3 is 2.60 bits per heavy atom. The standard InChI is InChI=1S/C11H13N3O/c12-5-9-1-3-10(4-2-9)7-15-8-11(14)6-13/h1-4,6H,7-8,13-14H2/b11-6-. The van der Waals surface area contributed by atoms with Crippen LogP contribution >= 0.6 is 0 Å². The summed E-state index contributed by atoms with van der Waals surface area (Å²) < 4.78 is 5.29. The molecule has 0 spiro atoms. The fourth-order valence-corrected chi connectivity index (χ4v) is 1.01. The second-order valence-corrected chi connectivity index (χ2v) is 3.04. The Morgan fingerprint density at radius 1 is 1.40 bits per heavy atom. The van der Waals surface area contributed by atoms with E-state index >= 15 is 0 Å². The lowest BCUT2D eigenvalue weighted by molar-refractivity contribution is 0.141. The number of nitrogens with zero attached hydrogens (tertiary/aromatic N) is 1. The first-order valence-electron chi connectivity index (χ1n) is 4.49. The van der Waals surface area contributed by atoms with Gasteiger partial charge in [-0.3, -0.25) is 0 Å². The molecule has 0 aliphatic rings. The summed E-state index contributed by atoms with van der Waals surface area (Å²) in [7, 11) is 0. The van der Waals surface area contributed by atoms with Crippen LogP contribution < -0.4 is 11.5 Å². The second-order valence-electron chi connectivity index (χ2n) is 3.04. The topological polar surface area (TPSA) is 85.1 Å². The van der Waals surface area contributed by atoms with Crippen LogP contribution in [-0.4, -0.2) is 6.61 Å². The van der Waals surface area contributed by atoms with Gasteiger partial charge in [0.15, 0.2) is 0 Å². The van der Waals surface area contributed by atoms with Crippen LogP contribution in [0.4, 0.5) is 0 Å². The maximum absolute atomic E-state index is 8.59. The highest BCUT2D eigenvalue weighted by atomic mass is 16.5. The molecule has 0 saturated carbocycles.